The summed E-state index contributed by atoms with van der Waals surface area (Å²) in [5.41, 5.74) is 16.2. The highest BCUT2D eigenvalue weighted by atomic mass is 16.6. The molecule has 0 atom stereocenters. The second kappa shape index (κ2) is 7.18. The third kappa shape index (κ3) is 4.23. The number of nitrogens with two attached hydrogens (primary N) is 3. The van der Waals surface area contributed by atoms with E-state index in [0.29, 0.717) is 16.3 Å². The number of nitrogens with zero attached hydrogens (tertiary/aromatic N) is 3. The smallest absolute Gasteiger partial charge is 0.383 e. The first-order valence-electron chi connectivity index (χ1n) is 7.17. The Hall–Kier alpha value is -3.14. The predicted octanol–water partition coefficient (Wildman–Crippen LogP) is -1.75. The van der Waals surface area contributed by atoms with Crippen molar-refractivity contribution in [2.45, 2.75) is 12.9 Å². The van der Waals surface area contributed by atoms with Gasteiger partial charge in [0, 0.05) is 11.4 Å². The predicted molar refractivity (Wildman–Crippen MR) is 91.1 cm³/mol. The summed E-state index contributed by atoms with van der Waals surface area (Å²) in [5.74, 6) is -4.50. The van der Waals surface area contributed by atoms with Gasteiger partial charge in [-0.3, -0.25) is 22.0 Å². The van der Waals surface area contributed by atoms with Crippen LogP contribution in [0.2, 0.25) is 0 Å². The van der Waals surface area contributed by atoms with Gasteiger partial charge in [-0.2, -0.15) is 0 Å². The quantitative estimate of drug-likeness (QED) is 0.250. The van der Waals surface area contributed by atoms with Gasteiger partial charge in [-0.25, -0.2) is 14.8 Å². The van der Waals surface area contributed by atoms with Crippen LogP contribution in [-0.2, 0) is 9.53 Å². The number of allylic oxidation sites excluding steroid dienone is 2. The monoisotopic (exact) mass is 342 g/mol. The molecule has 0 radical (unpaired) electrons. The molecular formula is C16H18N6O3. The highest BCUT2D eigenvalue weighted by Crippen LogP contribution is 2.04. The van der Waals surface area contributed by atoms with Gasteiger partial charge in [0.15, 0.2) is 0 Å². The zero-order valence-corrected chi connectivity index (χ0v) is 13.5. The van der Waals surface area contributed by atoms with Crippen LogP contribution in [0.4, 0.5) is 0 Å². The topological polar surface area (TPSA) is 152 Å². The minimum Gasteiger partial charge on any atom is -0.410 e. The molecule has 2 rings (SSSR count). The molecule has 9 nitrogen and oxygen atoms in total. The molecule has 0 spiro atoms. The van der Waals surface area contributed by atoms with Crippen LogP contribution in [0, 0.1) is 0 Å². The first kappa shape index (κ1) is 18.2. The Morgan fingerprint density at radius 1 is 1.28 bits per heavy atom. The van der Waals surface area contributed by atoms with Crippen molar-refractivity contribution in [1.82, 2.24) is 14.5 Å². The number of Topliss-reactive ketones (excluding diaryl/α,β-unsaturated/α-hetero) is 1. The number of aromatic nitrogens is 3. The van der Waals surface area contributed by atoms with Crippen molar-refractivity contribution in [1.29, 1.82) is 0 Å². The summed E-state index contributed by atoms with van der Waals surface area (Å²) in [4.78, 5) is 32.1. The van der Waals surface area contributed by atoms with Crippen molar-refractivity contribution in [3.63, 3.8) is 0 Å². The minimum absolute atomic E-state index is 0.0221. The van der Waals surface area contributed by atoms with Gasteiger partial charge in [0.1, 0.15) is 6.33 Å². The van der Waals surface area contributed by atoms with Crippen LogP contribution in [0.5, 0.6) is 0 Å². The summed E-state index contributed by atoms with van der Waals surface area (Å²) >= 11 is 0. The number of carbonyl (C=O) groups is 2. The SMILES string of the molecule is C=c1c(C(=O)C(=O)OC(N)(N)N)cn(-c2cncnc2)/c1=C/C=C\C. The van der Waals surface area contributed by atoms with Crippen LogP contribution < -0.4 is 27.8 Å². The van der Waals surface area contributed by atoms with Gasteiger partial charge < -0.3 is 9.30 Å². The normalized spacial score (nSPS) is 12.6. The summed E-state index contributed by atoms with van der Waals surface area (Å²) in [7, 11) is 0. The Labute approximate surface area is 143 Å². The van der Waals surface area contributed by atoms with E-state index >= 15 is 0 Å². The van der Waals surface area contributed by atoms with Gasteiger partial charge in [-0.1, -0.05) is 18.7 Å². The van der Waals surface area contributed by atoms with E-state index in [-0.39, 0.29) is 5.56 Å². The number of ketones is 1. The van der Waals surface area contributed by atoms with E-state index < -0.39 is 17.7 Å². The first-order valence-corrected chi connectivity index (χ1v) is 7.17. The van der Waals surface area contributed by atoms with Gasteiger partial charge in [-0.15, -0.1) is 0 Å². The molecule has 0 saturated carbocycles. The molecule has 130 valence electrons. The number of carbonyl (C=O) groups excluding carboxylic acids is 2. The van der Waals surface area contributed by atoms with Crippen molar-refractivity contribution < 1.29 is 14.3 Å². The Kier molecular flexibility index (Phi) is 5.22. The third-order valence-corrected chi connectivity index (χ3v) is 3.12. The highest BCUT2D eigenvalue weighted by molar-refractivity contribution is 6.40. The molecule has 25 heavy (non-hydrogen) atoms. The zero-order valence-electron chi connectivity index (χ0n) is 13.5. The minimum atomic E-state index is -2.25. The Balaban J connectivity index is 2.58. The van der Waals surface area contributed by atoms with Crippen LogP contribution >= 0.6 is 0 Å². The van der Waals surface area contributed by atoms with Gasteiger partial charge in [0.2, 0.25) is 0 Å². The summed E-state index contributed by atoms with van der Waals surface area (Å²) in [6.07, 6.45) is 11.2. The summed E-state index contributed by atoms with van der Waals surface area (Å²) in [5, 5.41) is 0.893. The van der Waals surface area contributed by atoms with Gasteiger partial charge in [-0.05, 0) is 13.0 Å². The highest BCUT2D eigenvalue weighted by Gasteiger charge is 2.27. The molecule has 0 bridgehead atoms. The lowest BCUT2D eigenvalue weighted by atomic mass is 10.2. The van der Waals surface area contributed by atoms with Crippen LogP contribution in [0.15, 0.2) is 37.1 Å². The second-order valence-electron chi connectivity index (χ2n) is 5.14. The lowest BCUT2D eigenvalue weighted by Gasteiger charge is -2.17. The number of ether oxygens (including phenoxy) is 1. The maximum atomic E-state index is 12.4. The van der Waals surface area contributed by atoms with Crippen LogP contribution in [0.25, 0.3) is 18.3 Å². The number of rotatable bonds is 5. The van der Waals surface area contributed by atoms with E-state index in [0.717, 1.165) is 0 Å². The average molecular weight is 342 g/mol. The van der Waals surface area contributed by atoms with Crippen molar-refractivity contribution in [3.05, 3.63) is 53.2 Å². The molecule has 0 fully saturated rings. The van der Waals surface area contributed by atoms with E-state index in [1.54, 1.807) is 35.2 Å². The molecule has 0 amide bonds. The summed E-state index contributed by atoms with van der Waals surface area (Å²) in [6.45, 7) is 5.71. The van der Waals surface area contributed by atoms with Gasteiger partial charge >= 0.3 is 5.97 Å². The molecule has 6 N–H and O–H groups in total. The fraction of sp³-hybridized carbons (Fsp3) is 0.125. The molecule has 0 unspecified atom stereocenters. The zero-order chi connectivity index (χ0) is 18.6. The van der Waals surface area contributed by atoms with E-state index in [1.165, 1.54) is 12.5 Å². The molecule has 0 aliphatic rings. The second-order valence-corrected chi connectivity index (χ2v) is 5.14. The fourth-order valence-corrected chi connectivity index (χ4v) is 2.07. The van der Waals surface area contributed by atoms with Crippen molar-refractivity contribution in [2.24, 2.45) is 17.2 Å². The molecule has 2 aromatic rings. The Morgan fingerprint density at radius 3 is 2.48 bits per heavy atom. The van der Waals surface area contributed by atoms with Crippen molar-refractivity contribution in [3.8, 4) is 5.69 Å². The summed E-state index contributed by atoms with van der Waals surface area (Å²) in [6, 6.07) is 0. The average Bonchev–Trinajstić information content (AvgIpc) is 2.88. The van der Waals surface area contributed by atoms with Crippen LogP contribution in [0.1, 0.15) is 17.3 Å². The summed E-state index contributed by atoms with van der Waals surface area (Å²) < 4.78 is 6.13. The number of esters is 1. The standard InChI is InChI=1S/C16H18N6O3/c1-3-4-5-13-10(2)12(14(23)15(24)25-16(17,18)19)8-22(13)11-6-20-9-21-7-11/h3-9H,2,17-19H2,1H3/b4-3-,13-5+. The molecule has 2 heterocycles. The molecule has 0 saturated heterocycles. The molecule has 0 aromatic carbocycles. The molecular weight excluding hydrogens is 324 g/mol. The van der Waals surface area contributed by atoms with Gasteiger partial charge in [0.25, 0.3) is 11.8 Å². The lowest BCUT2D eigenvalue weighted by Crippen LogP contribution is -2.61. The molecule has 0 aliphatic heterocycles. The van der Waals surface area contributed by atoms with E-state index in [2.05, 4.69) is 21.3 Å². The van der Waals surface area contributed by atoms with Crippen molar-refractivity contribution >= 4 is 24.4 Å². The van der Waals surface area contributed by atoms with Crippen LogP contribution in [-0.4, -0.2) is 32.3 Å². The van der Waals surface area contributed by atoms with Gasteiger partial charge in [0.05, 0.1) is 29.0 Å². The fourth-order valence-electron chi connectivity index (χ4n) is 2.07. The number of hydrogen-bond donors (Lipinski definition) is 3. The molecule has 9 heteroatoms. The molecule has 2 aromatic heterocycles. The number of hydrogen-bond acceptors (Lipinski definition) is 8. The van der Waals surface area contributed by atoms with E-state index in [1.807, 2.05) is 6.92 Å². The largest absolute Gasteiger partial charge is 0.410 e. The van der Waals surface area contributed by atoms with Crippen molar-refractivity contribution in [2.75, 3.05) is 0 Å². The Morgan fingerprint density at radius 2 is 1.92 bits per heavy atom. The van der Waals surface area contributed by atoms with Crippen LogP contribution in [0.3, 0.4) is 0 Å². The molecule has 0 aliphatic carbocycles. The Bertz CT molecular complexity index is 925. The maximum absolute atomic E-state index is 12.4. The van der Waals surface area contributed by atoms with E-state index in [9.17, 15) is 9.59 Å². The lowest BCUT2D eigenvalue weighted by molar-refractivity contribution is -0.152. The van der Waals surface area contributed by atoms with E-state index in [4.69, 9.17) is 17.2 Å². The maximum Gasteiger partial charge on any atom is 0.383 e. The third-order valence-electron chi connectivity index (χ3n) is 3.12. The first-order chi connectivity index (χ1) is 11.7.